The molecular formula is C26H20N2O5S2. The van der Waals surface area contributed by atoms with E-state index in [1.807, 2.05) is 60.7 Å². The maximum atomic E-state index is 13.4. The standard InChI is InChI=1S/C26H20N2O5S2/c29-22(30)16-33-20-14-8-7-13-19(20)15-21-25(32)28(26(34)35-21)27-24(31)23(17-9-3-1-4-10-17)18-11-5-2-6-12-18/h1-15,23H,16H2,(H,27,31)(H,29,30). The van der Waals surface area contributed by atoms with Crippen LogP contribution in [0.5, 0.6) is 5.75 Å². The highest BCUT2D eigenvalue weighted by atomic mass is 32.2. The molecule has 3 aromatic rings. The number of para-hydroxylation sites is 1. The van der Waals surface area contributed by atoms with Crippen molar-refractivity contribution in [2.24, 2.45) is 0 Å². The molecule has 35 heavy (non-hydrogen) atoms. The third kappa shape index (κ3) is 5.76. The summed E-state index contributed by atoms with van der Waals surface area (Å²) < 4.78 is 5.49. The lowest BCUT2D eigenvalue weighted by molar-refractivity contribution is -0.139. The summed E-state index contributed by atoms with van der Waals surface area (Å²) in [6, 6.07) is 25.3. The van der Waals surface area contributed by atoms with Crippen molar-refractivity contribution in [1.29, 1.82) is 0 Å². The van der Waals surface area contributed by atoms with Crippen LogP contribution in [0, 0.1) is 0 Å². The van der Waals surface area contributed by atoms with Gasteiger partial charge in [0.25, 0.3) is 11.8 Å². The first-order chi connectivity index (χ1) is 16.9. The Morgan fingerprint density at radius 3 is 2.14 bits per heavy atom. The summed E-state index contributed by atoms with van der Waals surface area (Å²) in [7, 11) is 0. The van der Waals surface area contributed by atoms with Gasteiger partial charge >= 0.3 is 5.97 Å². The summed E-state index contributed by atoms with van der Waals surface area (Å²) in [4.78, 5) is 37.7. The fourth-order valence-corrected chi connectivity index (χ4v) is 4.71. The molecule has 0 bridgehead atoms. The smallest absolute Gasteiger partial charge is 0.341 e. The second kappa shape index (κ2) is 11.0. The van der Waals surface area contributed by atoms with Crippen LogP contribution in [0.2, 0.25) is 0 Å². The number of amides is 2. The minimum atomic E-state index is -1.11. The Bertz CT molecular complexity index is 1260. The Kier molecular flexibility index (Phi) is 7.59. The Hall–Kier alpha value is -3.95. The van der Waals surface area contributed by atoms with Crippen LogP contribution >= 0.6 is 24.0 Å². The maximum absolute atomic E-state index is 13.4. The zero-order chi connectivity index (χ0) is 24.8. The molecule has 7 nitrogen and oxygen atoms in total. The molecule has 0 aliphatic carbocycles. The van der Waals surface area contributed by atoms with Crippen LogP contribution in [0.1, 0.15) is 22.6 Å². The first-order valence-electron chi connectivity index (χ1n) is 10.6. The predicted molar refractivity (Wildman–Crippen MR) is 137 cm³/mol. The monoisotopic (exact) mass is 504 g/mol. The van der Waals surface area contributed by atoms with Crippen molar-refractivity contribution in [3.05, 3.63) is 107 Å². The number of thiocarbonyl (C=S) groups is 1. The van der Waals surface area contributed by atoms with Gasteiger partial charge in [0.15, 0.2) is 10.9 Å². The number of carboxylic acids is 1. The molecule has 2 amide bonds. The Labute approximate surface area is 211 Å². The third-order valence-corrected chi connectivity index (χ3v) is 6.40. The van der Waals surface area contributed by atoms with Crippen LogP contribution in [-0.2, 0) is 14.4 Å². The van der Waals surface area contributed by atoms with E-state index in [0.29, 0.717) is 11.3 Å². The maximum Gasteiger partial charge on any atom is 0.341 e. The van der Waals surface area contributed by atoms with Crippen molar-refractivity contribution in [2.45, 2.75) is 5.92 Å². The molecule has 0 aromatic heterocycles. The lowest BCUT2D eigenvalue weighted by atomic mass is 9.91. The third-order valence-electron chi connectivity index (χ3n) is 5.10. The lowest BCUT2D eigenvalue weighted by Crippen LogP contribution is -2.46. The molecule has 1 fully saturated rings. The molecule has 0 saturated carbocycles. The first-order valence-corrected chi connectivity index (χ1v) is 11.8. The van der Waals surface area contributed by atoms with Gasteiger partial charge in [-0.2, -0.15) is 5.01 Å². The average Bonchev–Trinajstić information content (AvgIpc) is 3.12. The number of rotatable bonds is 8. The topological polar surface area (TPSA) is 95.9 Å². The largest absolute Gasteiger partial charge is 0.481 e. The number of carbonyl (C=O) groups excluding carboxylic acids is 2. The second-order valence-electron chi connectivity index (χ2n) is 7.47. The van der Waals surface area contributed by atoms with Crippen LogP contribution in [0.25, 0.3) is 6.08 Å². The van der Waals surface area contributed by atoms with E-state index in [-0.39, 0.29) is 9.23 Å². The SMILES string of the molecule is O=C(O)COc1ccccc1C=C1SC(=S)N(NC(=O)C(c2ccccc2)c2ccccc2)C1=O. The van der Waals surface area contributed by atoms with Crippen LogP contribution in [-0.4, -0.2) is 38.8 Å². The number of nitrogens with one attached hydrogen (secondary N) is 1. The molecule has 176 valence electrons. The van der Waals surface area contributed by atoms with Gasteiger partial charge in [0.2, 0.25) is 0 Å². The highest BCUT2D eigenvalue weighted by Crippen LogP contribution is 2.34. The van der Waals surface area contributed by atoms with Crippen LogP contribution < -0.4 is 10.2 Å². The molecule has 1 aliphatic rings. The highest BCUT2D eigenvalue weighted by molar-refractivity contribution is 8.26. The zero-order valence-corrected chi connectivity index (χ0v) is 19.9. The Balaban J connectivity index is 1.57. The number of hydrogen-bond acceptors (Lipinski definition) is 6. The molecule has 0 spiro atoms. The number of thioether (sulfide) groups is 1. The van der Waals surface area contributed by atoms with E-state index in [1.165, 1.54) is 0 Å². The van der Waals surface area contributed by atoms with E-state index in [0.717, 1.165) is 27.9 Å². The summed E-state index contributed by atoms with van der Waals surface area (Å²) in [6.07, 6.45) is 1.56. The lowest BCUT2D eigenvalue weighted by Gasteiger charge is -2.22. The number of ether oxygens (including phenoxy) is 1. The van der Waals surface area contributed by atoms with E-state index in [2.05, 4.69) is 5.43 Å². The number of carboxylic acid groups (broad SMARTS) is 1. The van der Waals surface area contributed by atoms with Gasteiger partial charge in [-0.1, -0.05) is 90.6 Å². The van der Waals surface area contributed by atoms with Crippen molar-refractivity contribution in [2.75, 3.05) is 6.61 Å². The van der Waals surface area contributed by atoms with Gasteiger partial charge in [-0.05, 0) is 35.5 Å². The Morgan fingerprint density at radius 2 is 1.54 bits per heavy atom. The number of benzene rings is 3. The van der Waals surface area contributed by atoms with Crippen LogP contribution in [0.4, 0.5) is 0 Å². The summed E-state index contributed by atoms with van der Waals surface area (Å²) in [5.41, 5.74) is 4.76. The van der Waals surface area contributed by atoms with Gasteiger partial charge in [0.1, 0.15) is 5.75 Å². The fraction of sp³-hybridized carbons (Fsp3) is 0.0769. The fourth-order valence-electron chi connectivity index (χ4n) is 3.54. The van der Waals surface area contributed by atoms with E-state index >= 15 is 0 Å². The van der Waals surface area contributed by atoms with E-state index < -0.39 is 30.3 Å². The summed E-state index contributed by atoms with van der Waals surface area (Å²) in [5.74, 6) is -2.32. The normalized spacial score (nSPS) is 14.4. The van der Waals surface area contributed by atoms with Gasteiger partial charge in [0, 0.05) is 5.56 Å². The van der Waals surface area contributed by atoms with Crippen molar-refractivity contribution >= 4 is 52.2 Å². The molecular weight excluding hydrogens is 484 g/mol. The van der Waals surface area contributed by atoms with Gasteiger partial charge < -0.3 is 9.84 Å². The van der Waals surface area contributed by atoms with Gasteiger partial charge in [0.05, 0.1) is 10.8 Å². The zero-order valence-electron chi connectivity index (χ0n) is 18.3. The number of hydrazine groups is 1. The quantitative estimate of drug-likeness (QED) is 0.350. The minimum absolute atomic E-state index is 0.179. The van der Waals surface area contributed by atoms with Crippen molar-refractivity contribution in [1.82, 2.24) is 10.4 Å². The predicted octanol–water partition coefficient (Wildman–Crippen LogP) is 4.21. The van der Waals surface area contributed by atoms with E-state index in [9.17, 15) is 14.4 Å². The van der Waals surface area contributed by atoms with Crippen LogP contribution in [0.3, 0.4) is 0 Å². The first kappa shape index (κ1) is 24.2. The molecule has 4 rings (SSSR count). The number of hydrogen-bond donors (Lipinski definition) is 2. The van der Waals surface area contributed by atoms with E-state index in [1.54, 1.807) is 30.3 Å². The second-order valence-corrected chi connectivity index (χ2v) is 9.14. The molecule has 9 heteroatoms. The molecule has 2 N–H and O–H groups in total. The van der Waals surface area contributed by atoms with Crippen molar-refractivity contribution in [3.8, 4) is 5.75 Å². The van der Waals surface area contributed by atoms with Gasteiger partial charge in [-0.15, -0.1) is 0 Å². The molecule has 1 heterocycles. The van der Waals surface area contributed by atoms with Gasteiger partial charge in [-0.3, -0.25) is 15.0 Å². The van der Waals surface area contributed by atoms with Gasteiger partial charge in [-0.25, -0.2) is 4.79 Å². The van der Waals surface area contributed by atoms with Crippen LogP contribution in [0.15, 0.2) is 89.8 Å². The molecule has 1 aliphatic heterocycles. The summed E-state index contributed by atoms with van der Waals surface area (Å²) >= 11 is 6.41. The van der Waals surface area contributed by atoms with Crippen molar-refractivity contribution < 1.29 is 24.2 Å². The highest BCUT2D eigenvalue weighted by Gasteiger charge is 2.35. The molecule has 0 atom stereocenters. The summed E-state index contributed by atoms with van der Waals surface area (Å²) in [6.45, 7) is -0.512. The average molecular weight is 505 g/mol. The molecule has 0 unspecified atom stereocenters. The van der Waals surface area contributed by atoms with E-state index in [4.69, 9.17) is 22.1 Å². The number of carbonyl (C=O) groups is 3. The Morgan fingerprint density at radius 1 is 0.971 bits per heavy atom. The molecule has 3 aromatic carbocycles. The summed E-state index contributed by atoms with van der Waals surface area (Å²) in [5, 5.41) is 9.96. The number of aliphatic carboxylic acids is 1. The number of nitrogens with zero attached hydrogens (tertiary/aromatic N) is 1. The molecule has 0 radical (unpaired) electrons. The molecule has 1 saturated heterocycles. The minimum Gasteiger partial charge on any atom is -0.481 e. The van der Waals surface area contributed by atoms with Crippen molar-refractivity contribution in [3.63, 3.8) is 0 Å².